The first-order valence-electron chi connectivity index (χ1n) is 8.01. The van der Waals surface area contributed by atoms with E-state index in [0.717, 1.165) is 31.5 Å². The molecule has 3 rings (SSSR count). The molecule has 0 aromatic heterocycles. The van der Waals surface area contributed by atoms with Crippen LogP contribution in [0.1, 0.15) is 35.7 Å². The Morgan fingerprint density at radius 1 is 1.30 bits per heavy atom. The summed E-state index contributed by atoms with van der Waals surface area (Å²) in [6.07, 6.45) is 2.16. The minimum Gasteiger partial charge on any atom is -0.352 e. The molecule has 0 radical (unpaired) electrons. The molecule has 1 aliphatic heterocycles. The Morgan fingerprint density at radius 2 is 2.04 bits per heavy atom. The van der Waals surface area contributed by atoms with Gasteiger partial charge in [-0.2, -0.15) is 0 Å². The van der Waals surface area contributed by atoms with Crippen LogP contribution < -0.4 is 16.0 Å². The quantitative estimate of drug-likeness (QED) is 0.736. The smallest absolute Gasteiger partial charge is 0.251 e. The zero-order valence-electron chi connectivity index (χ0n) is 13.3. The summed E-state index contributed by atoms with van der Waals surface area (Å²) < 4.78 is 0. The number of halogens is 1. The van der Waals surface area contributed by atoms with Gasteiger partial charge in [0.1, 0.15) is 0 Å². The largest absolute Gasteiger partial charge is 0.352 e. The zero-order chi connectivity index (χ0) is 15.5. The first-order chi connectivity index (χ1) is 10.6. The summed E-state index contributed by atoms with van der Waals surface area (Å²) in [6, 6.07) is 7.82. The molecule has 2 fully saturated rings. The molecule has 1 heterocycles. The molecule has 1 aliphatic carbocycles. The average molecular weight is 338 g/mol. The van der Waals surface area contributed by atoms with Gasteiger partial charge in [-0.1, -0.05) is 19.1 Å². The molecule has 1 saturated heterocycles. The van der Waals surface area contributed by atoms with Crippen LogP contribution in [0, 0.1) is 11.8 Å². The maximum absolute atomic E-state index is 12.1. The SMILES string of the molecule is CC(C(=O)NCc1cccc(C(=O)NC2CC2)c1)C1CNC1.Cl. The van der Waals surface area contributed by atoms with Crippen LogP contribution in [0.2, 0.25) is 0 Å². The highest BCUT2D eigenvalue weighted by Crippen LogP contribution is 2.19. The van der Waals surface area contributed by atoms with Crippen molar-refractivity contribution in [2.24, 2.45) is 11.8 Å². The Labute approximate surface area is 143 Å². The molecule has 5 nitrogen and oxygen atoms in total. The molecular formula is C17H24ClN3O2. The van der Waals surface area contributed by atoms with Gasteiger partial charge in [-0.25, -0.2) is 0 Å². The molecule has 3 N–H and O–H groups in total. The summed E-state index contributed by atoms with van der Waals surface area (Å²) in [5.41, 5.74) is 1.62. The molecule has 2 amide bonds. The van der Waals surface area contributed by atoms with Gasteiger partial charge in [0.25, 0.3) is 5.91 Å². The van der Waals surface area contributed by atoms with E-state index in [4.69, 9.17) is 0 Å². The monoisotopic (exact) mass is 337 g/mol. The van der Waals surface area contributed by atoms with Gasteiger partial charge >= 0.3 is 0 Å². The summed E-state index contributed by atoms with van der Waals surface area (Å²) in [5.74, 6) is 0.530. The molecule has 1 aromatic rings. The van der Waals surface area contributed by atoms with E-state index in [1.54, 1.807) is 0 Å². The lowest BCUT2D eigenvalue weighted by molar-refractivity contribution is -0.126. The van der Waals surface area contributed by atoms with E-state index in [1.165, 1.54) is 0 Å². The van der Waals surface area contributed by atoms with Crippen LogP contribution in [-0.4, -0.2) is 30.9 Å². The molecule has 23 heavy (non-hydrogen) atoms. The molecule has 6 heteroatoms. The van der Waals surface area contributed by atoms with Crippen LogP contribution >= 0.6 is 12.4 Å². The molecule has 2 aliphatic rings. The second kappa shape index (κ2) is 7.79. The van der Waals surface area contributed by atoms with Gasteiger partial charge in [0.2, 0.25) is 5.91 Å². The zero-order valence-corrected chi connectivity index (χ0v) is 14.1. The van der Waals surface area contributed by atoms with Crippen molar-refractivity contribution in [3.05, 3.63) is 35.4 Å². The van der Waals surface area contributed by atoms with Crippen LogP contribution in [0.5, 0.6) is 0 Å². The van der Waals surface area contributed by atoms with E-state index in [1.807, 2.05) is 31.2 Å². The number of hydrogen-bond acceptors (Lipinski definition) is 3. The minimum absolute atomic E-state index is 0. The highest BCUT2D eigenvalue weighted by molar-refractivity contribution is 5.94. The normalized spacial score (nSPS) is 18.3. The lowest BCUT2D eigenvalue weighted by Crippen LogP contribution is -2.49. The van der Waals surface area contributed by atoms with E-state index >= 15 is 0 Å². The van der Waals surface area contributed by atoms with E-state index in [2.05, 4.69) is 16.0 Å². The van der Waals surface area contributed by atoms with Gasteiger partial charge in [0.15, 0.2) is 0 Å². The molecule has 0 bridgehead atoms. The summed E-state index contributed by atoms with van der Waals surface area (Å²) in [7, 11) is 0. The number of hydrogen-bond donors (Lipinski definition) is 3. The van der Waals surface area contributed by atoms with Crippen molar-refractivity contribution in [2.45, 2.75) is 32.4 Å². The number of rotatable bonds is 6. The van der Waals surface area contributed by atoms with Crippen molar-refractivity contribution in [1.29, 1.82) is 0 Å². The molecule has 1 saturated carbocycles. The fourth-order valence-electron chi connectivity index (χ4n) is 2.55. The third kappa shape index (κ3) is 4.69. The van der Waals surface area contributed by atoms with Crippen molar-refractivity contribution in [1.82, 2.24) is 16.0 Å². The van der Waals surface area contributed by atoms with Crippen molar-refractivity contribution in [2.75, 3.05) is 13.1 Å². The first-order valence-corrected chi connectivity index (χ1v) is 8.01. The van der Waals surface area contributed by atoms with Crippen LogP contribution in [0.15, 0.2) is 24.3 Å². The summed E-state index contributed by atoms with van der Waals surface area (Å²) in [6.45, 7) is 4.28. The summed E-state index contributed by atoms with van der Waals surface area (Å²) in [4.78, 5) is 24.1. The maximum atomic E-state index is 12.1. The highest BCUT2D eigenvalue weighted by atomic mass is 35.5. The lowest BCUT2D eigenvalue weighted by atomic mass is 9.88. The number of nitrogens with one attached hydrogen (secondary N) is 3. The van der Waals surface area contributed by atoms with Crippen LogP contribution in [-0.2, 0) is 11.3 Å². The van der Waals surface area contributed by atoms with E-state index in [0.29, 0.717) is 24.1 Å². The van der Waals surface area contributed by atoms with Gasteiger partial charge in [-0.15, -0.1) is 12.4 Å². The number of carbonyl (C=O) groups is 2. The predicted octanol–water partition coefficient (Wildman–Crippen LogP) is 1.47. The Hall–Kier alpha value is -1.59. The van der Waals surface area contributed by atoms with Gasteiger partial charge in [0, 0.05) is 24.1 Å². The maximum Gasteiger partial charge on any atom is 0.251 e. The average Bonchev–Trinajstić information content (AvgIpc) is 3.27. The molecule has 126 valence electrons. The molecule has 1 atom stereocenters. The minimum atomic E-state index is -0.0235. The summed E-state index contributed by atoms with van der Waals surface area (Å²) >= 11 is 0. The van der Waals surface area contributed by atoms with Crippen molar-refractivity contribution < 1.29 is 9.59 Å². The topological polar surface area (TPSA) is 70.2 Å². The molecule has 1 unspecified atom stereocenters. The van der Waals surface area contributed by atoms with Crippen molar-refractivity contribution in [3.8, 4) is 0 Å². The van der Waals surface area contributed by atoms with Crippen LogP contribution in [0.25, 0.3) is 0 Å². The second-order valence-electron chi connectivity index (χ2n) is 6.37. The number of carbonyl (C=O) groups excluding carboxylic acids is 2. The number of benzene rings is 1. The fourth-order valence-corrected chi connectivity index (χ4v) is 2.55. The Balaban J connectivity index is 0.00000192. The van der Waals surface area contributed by atoms with Gasteiger partial charge in [-0.05, 0) is 49.5 Å². The first kappa shape index (κ1) is 17.8. The van der Waals surface area contributed by atoms with E-state index < -0.39 is 0 Å². The molecule has 1 aromatic carbocycles. The van der Waals surface area contributed by atoms with Crippen molar-refractivity contribution in [3.63, 3.8) is 0 Å². The van der Waals surface area contributed by atoms with Gasteiger partial charge in [0.05, 0.1) is 0 Å². The predicted molar refractivity (Wildman–Crippen MR) is 91.5 cm³/mol. The Morgan fingerprint density at radius 3 is 2.65 bits per heavy atom. The number of amides is 2. The highest BCUT2D eigenvalue weighted by Gasteiger charge is 2.28. The van der Waals surface area contributed by atoms with Crippen LogP contribution in [0.4, 0.5) is 0 Å². The van der Waals surface area contributed by atoms with E-state index in [-0.39, 0.29) is 30.1 Å². The van der Waals surface area contributed by atoms with Gasteiger partial charge in [-0.3, -0.25) is 9.59 Å². The molecular weight excluding hydrogens is 314 g/mol. The van der Waals surface area contributed by atoms with Gasteiger partial charge < -0.3 is 16.0 Å². The second-order valence-corrected chi connectivity index (χ2v) is 6.37. The fraction of sp³-hybridized carbons (Fsp3) is 0.529. The van der Waals surface area contributed by atoms with E-state index in [9.17, 15) is 9.59 Å². The van der Waals surface area contributed by atoms with Crippen LogP contribution in [0.3, 0.4) is 0 Å². The Kier molecular flexibility index (Phi) is 6.02. The summed E-state index contributed by atoms with van der Waals surface area (Å²) in [5, 5.41) is 9.13. The Bertz CT molecular complexity index is 571. The lowest BCUT2D eigenvalue weighted by Gasteiger charge is -2.31. The molecule has 0 spiro atoms. The third-order valence-corrected chi connectivity index (χ3v) is 4.50. The standard InChI is InChI=1S/C17H23N3O2.ClH/c1-11(14-9-18-10-14)16(21)19-8-12-3-2-4-13(7-12)17(22)20-15-5-6-15;/h2-4,7,11,14-15,18H,5-6,8-10H2,1H3,(H,19,21)(H,20,22);1H. The van der Waals surface area contributed by atoms with Crippen molar-refractivity contribution >= 4 is 24.2 Å². The third-order valence-electron chi connectivity index (χ3n) is 4.50.